The Morgan fingerprint density at radius 3 is 2.85 bits per heavy atom. The largest absolute Gasteiger partial charge is 0.334 e. The molecule has 0 radical (unpaired) electrons. The predicted molar refractivity (Wildman–Crippen MR) is 95.6 cm³/mol. The van der Waals surface area contributed by atoms with Gasteiger partial charge in [-0.1, -0.05) is 35.0 Å². The minimum atomic E-state index is -0.514. The third-order valence-electron chi connectivity index (χ3n) is 4.52. The van der Waals surface area contributed by atoms with Gasteiger partial charge in [-0.25, -0.2) is 4.39 Å². The topological polar surface area (TPSA) is 59.2 Å². The molecule has 132 valence electrons. The van der Waals surface area contributed by atoms with Crippen LogP contribution in [0.15, 0.2) is 47.0 Å². The van der Waals surface area contributed by atoms with Crippen molar-refractivity contribution in [2.24, 2.45) is 0 Å². The standard InChI is InChI=1S/C19H15ClFN3O2/c1-11-4-2-3-5-14(11)19-22-18(23-26-19)12-8-17(25)24(10-12)13-6-7-16(21)15(20)9-13/h2-7,9,12H,8,10H2,1H3/t12-/m1/s1. The molecule has 2 aromatic carbocycles. The van der Waals surface area contributed by atoms with E-state index in [1.807, 2.05) is 31.2 Å². The number of halogens is 2. The molecular weight excluding hydrogens is 357 g/mol. The molecule has 5 nitrogen and oxygen atoms in total. The highest BCUT2D eigenvalue weighted by atomic mass is 35.5. The van der Waals surface area contributed by atoms with Crippen LogP contribution in [0.2, 0.25) is 5.02 Å². The van der Waals surface area contributed by atoms with E-state index in [0.29, 0.717) is 23.9 Å². The number of rotatable bonds is 3. The van der Waals surface area contributed by atoms with Crippen LogP contribution < -0.4 is 4.90 Å². The van der Waals surface area contributed by atoms with E-state index in [2.05, 4.69) is 10.1 Å². The van der Waals surface area contributed by atoms with Gasteiger partial charge in [-0.3, -0.25) is 4.79 Å². The van der Waals surface area contributed by atoms with E-state index in [1.54, 1.807) is 4.90 Å². The van der Waals surface area contributed by atoms with Crippen molar-refractivity contribution in [2.75, 3.05) is 11.4 Å². The van der Waals surface area contributed by atoms with Crippen molar-refractivity contribution < 1.29 is 13.7 Å². The van der Waals surface area contributed by atoms with Gasteiger partial charge in [-0.05, 0) is 36.8 Å². The first-order valence-electron chi connectivity index (χ1n) is 8.18. The Morgan fingerprint density at radius 1 is 1.27 bits per heavy atom. The summed E-state index contributed by atoms with van der Waals surface area (Å²) in [5.41, 5.74) is 2.47. The summed E-state index contributed by atoms with van der Waals surface area (Å²) in [4.78, 5) is 18.4. The quantitative estimate of drug-likeness (QED) is 0.686. The fourth-order valence-electron chi connectivity index (χ4n) is 3.11. The van der Waals surface area contributed by atoms with Crippen molar-refractivity contribution in [1.82, 2.24) is 10.1 Å². The Balaban J connectivity index is 1.58. The summed E-state index contributed by atoms with van der Waals surface area (Å²) in [5, 5.41) is 4.05. The lowest BCUT2D eigenvalue weighted by atomic mass is 10.1. The van der Waals surface area contributed by atoms with Gasteiger partial charge in [0.1, 0.15) is 5.82 Å². The molecule has 1 aromatic heterocycles. The molecule has 1 aliphatic heterocycles. The smallest absolute Gasteiger partial charge is 0.258 e. The van der Waals surface area contributed by atoms with Crippen LogP contribution in [-0.4, -0.2) is 22.6 Å². The van der Waals surface area contributed by atoms with Crippen LogP contribution in [0.25, 0.3) is 11.5 Å². The molecule has 3 aromatic rings. The summed E-state index contributed by atoms with van der Waals surface area (Å²) in [5.74, 6) is 0.147. The highest BCUT2D eigenvalue weighted by Gasteiger charge is 2.35. The molecular formula is C19H15ClFN3O2. The number of amides is 1. The van der Waals surface area contributed by atoms with Gasteiger partial charge >= 0.3 is 0 Å². The van der Waals surface area contributed by atoms with E-state index >= 15 is 0 Å². The van der Waals surface area contributed by atoms with E-state index in [0.717, 1.165) is 11.1 Å². The van der Waals surface area contributed by atoms with Crippen LogP contribution in [-0.2, 0) is 4.79 Å². The predicted octanol–water partition coefficient (Wildman–Crippen LogP) is 4.36. The second-order valence-corrected chi connectivity index (χ2v) is 6.68. The first-order valence-corrected chi connectivity index (χ1v) is 8.56. The summed E-state index contributed by atoms with van der Waals surface area (Å²) in [6.07, 6.45) is 0.266. The summed E-state index contributed by atoms with van der Waals surface area (Å²) < 4.78 is 18.7. The van der Waals surface area contributed by atoms with Crippen LogP contribution in [0.1, 0.15) is 23.7 Å². The molecule has 4 rings (SSSR count). The summed E-state index contributed by atoms with van der Waals surface area (Å²) >= 11 is 5.83. The molecule has 1 atom stereocenters. The summed E-state index contributed by atoms with van der Waals surface area (Å²) in [6, 6.07) is 12.0. The van der Waals surface area contributed by atoms with Gasteiger partial charge in [0.25, 0.3) is 5.89 Å². The average molecular weight is 372 g/mol. The molecule has 0 saturated carbocycles. The molecule has 1 aliphatic rings. The monoisotopic (exact) mass is 371 g/mol. The van der Waals surface area contributed by atoms with Gasteiger partial charge in [0, 0.05) is 30.1 Å². The second-order valence-electron chi connectivity index (χ2n) is 6.28. The van der Waals surface area contributed by atoms with Crippen molar-refractivity contribution >= 4 is 23.2 Å². The van der Waals surface area contributed by atoms with Crippen LogP contribution in [0, 0.1) is 12.7 Å². The minimum absolute atomic E-state index is 0.0137. The van der Waals surface area contributed by atoms with Crippen molar-refractivity contribution in [2.45, 2.75) is 19.3 Å². The molecule has 26 heavy (non-hydrogen) atoms. The third-order valence-corrected chi connectivity index (χ3v) is 4.81. The first kappa shape index (κ1) is 16.7. The fraction of sp³-hybridized carbons (Fsp3) is 0.211. The molecule has 0 bridgehead atoms. The maximum atomic E-state index is 13.4. The number of carbonyl (C=O) groups excluding carboxylic acids is 1. The van der Waals surface area contributed by atoms with Crippen LogP contribution in [0.3, 0.4) is 0 Å². The number of anilines is 1. The molecule has 0 aliphatic carbocycles. The van der Waals surface area contributed by atoms with Gasteiger partial charge in [-0.2, -0.15) is 4.98 Å². The Labute approximate surface area is 154 Å². The maximum Gasteiger partial charge on any atom is 0.258 e. The highest BCUT2D eigenvalue weighted by molar-refractivity contribution is 6.31. The van der Waals surface area contributed by atoms with Gasteiger partial charge in [0.15, 0.2) is 5.82 Å². The SMILES string of the molecule is Cc1ccccc1-c1nc([C@@H]2CC(=O)N(c3ccc(F)c(Cl)c3)C2)no1. The fourth-order valence-corrected chi connectivity index (χ4v) is 3.28. The zero-order valence-corrected chi connectivity index (χ0v) is 14.7. The summed E-state index contributed by atoms with van der Waals surface area (Å²) in [7, 11) is 0. The van der Waals surface area contributed by atoms with Gasteiger partial charge in [0.05, 0.1) is 5.02 Å². The molecule has 1 fully saturated rings. The first-order chi connectivity index (χ1) is 12.5. The van der Waals surface area contributed by atoms with Crippen LogP contribution in [0.5, 0.6) is 0 Å². The summed E-state index contributed by atoms with van der Waals surface area (Å²) in [6.45, 7) is 2.37. The molecule has 0 spiro atoms. The second kappa shape index (κ2) is 6.53. The number of aryl methyl sites for hydroxylation is 1. The average Bonchev–Trinajstić information content (AvgIpc) is 3.25. The highest BCUT2D eigenvalue weighted by Crippen LogP contribution is 2.33. The van der Waals surface area contributed by atoms with E-state index in [4.69, 9.17) is 16.1 Å². The number of nitrogens with zero attached hydrogens (tertiary/aromatic N) is 3. The molecule has 0 unspecified atom stereocenters. The molecule has 7 heteroatoms. The molecule has 1 saturated heterocycles. The van der Waals surface area contributed by atoms with Crippen molar-refractivity contribution in [3.63, 3.8) is 0 Å². The zero-order valence-electron chi connectivity index (χ0n) is 13.9. The maximum absolute atomic E-state index is 13.4. The number of benzene rings is 2. The third kappa shape index (κ3) is 2.97. The Morgan fingerprint density at radius 2 is 2.08 bits per heavy atom. The Kier molecular flexibility index (Phi) is 4.20. The lowest BCUT2D eigenvalue weighted by molar-refractivity contribution is -0.117. The van der Waals surface area contributed by atoms with Crippen molar-refractivity contribution in [3.8, 4) is 11.5 Å². The van der Waals surface area contributed by atoms with Crippen molar-refractivity contribution in [1.29, 1.82) is 0 Å². The Hall–Kier alpha value is -2.73. The van der Waals surface area contributed by atoms with Gasteiger partial charge in [0.2, 0.25) is 5.91 Å². The lowest BCUT2D eigenvalue weighted by Gasteiger charge is -2.16. The van der Waals surface area contributed by atoms with E-state index in [9.17, 15) is 9.18 Å². The molecule has 0 N–H and O–H groups in total. The Bertz CT molecular complexity index is 988. The number of aromatic nitrogens is 2. The zero-order chi connectivity index (χ0) is 18.3. The number of hydrogen-bond acceptors (Lipinski definition) is 4. The van der Waals surface area contributed by atoms with Crippen LogP contribution in [0.4, 0.5) is 10.1 Å². The van der Waals surface area contributed by atoms with E-state index in [1.165, 1.54) is 18.2 Å². The van der Waals surface area contributed by atoms with Crippen molar-refractivity contribution in [3.05, 3.63) is 64.7 Å². The van der Waals surface area contributed by atoms with E-state index < -0.39 is 5.82 Å². The van der Waals surface area contributed by atoms with Gasteiger partial charge in [-0.15, -0.1) is 0 Å². The minimum Gasteiger partial charge on any atom is -0.334 e. The lowest BCUT2D eigenvalue weighted by Crippen LogP contribution is -2.24. The van der Waals surface area contributed by atoms with Gasteiger partial charge < -0.3 is 9.42 Å². The molecule has 2 heterocycles. The van der Waals surface area contributed by atoms with Crippen LogP contribution >= 0.6 is 11.6 Å². The van der Waals surface area contributed by atoms with E-state index in [-0.39, 0.29) is 23.3 Å². The number of carbonyl (C=O) groups is 1. The number of hydrogen-bond donors (Lipinski definition) is 0. The molecule has 1 amide bonds. The normalized spacial score (nSPS) is 17.1.